The van der Waals surface area contributed by atoms with Crippen molar-refractivity contribution in [2.75, 3.05) is 0 Å². The molecule has 0 N–H and O–H groups in total. The highest BCUT2D eigenvalue weighted by Gasteiger charge is 2.19. The van der Waals surface area contributed by atoms with E-state index in [9.17, 15) is 4.79 Å². The Balaban J connectivity index is 2.04. The first kappa shape index (κ1) is 11.3. The number of para-hydroxylation sites is 1. The highest BCUT2D eigenvalue weighted by atomic mass is 35.5. The van der Waals surface area contributed by atoms with Gasteiger partial charge in [0.2, 0.25) is 5.24 Å². The van der Waals surface area contributed by atoms with Crippen LogP contribution in [-0.2, 0) is 17.6 Å². The molecule has 0 saturated carbocycles. The van der Waals surface area contributed by atoms with E-state index < -0.39 is 0 Å². The van der Waals surface area contributed by atoms with Crippen LogP contribution in [0.15, 0.2) is 42.5 Å². The van der Waals surface area contributed by atoms with Gasteiger partial charge in [-0.1, -0.05) is 30.3 Å². The van der Waals surface area contributed by atoms with Crippen molar-refractivity contribution in [1.29, 1.82) is 0 Å². The second-order valence-electron chi connectivity index (χ2n) is 4.31. The smallest absolute Gasteiger partial charge is 0.226 e. The van der Waals surface area contributed by atoms with Gasteiger partial charge >= 0.3 is 0 Å². The van der Waals surface area contributed by atoms with Crippen LogP contribution in [0.25, 0.3) is 0 Å². The zero-order valence-electron chi connectivity index (χ0n) is 9.65. The SMILES string of the molecule is O=C(Cl)Cc1cccc2c1Cc1ccccc1O2. The molecular formula is C15H11ClO2. The summed E-state index contributed by atoms with van der Waals surface area (Å²) in [6.07, 6.45) is 1.03. The molecule has 18 heavy (non-hydrogen) atoms. The van der Waals surface area contributed by atoms with E-state index in [0.29, 0.717) is 0 Å². The lowest BCUT2D eigenvalue weighted by atomic mass is 9.95. The summed E-state index contributed by atoms with van der Waals surface area (Å²) in [6, 6.07) is 13.7. The Hall–Kier alpha value is -1.80. The fourth-order valence-corrected chi connectivity index (χ4v) is 2.43. The Labute approximate surface area is 110 Å². The standard InChI is InChI=1S/C15H11ClO2/c16-15(17)9-10-5-3-7-14-12(10)8-11-4-1-2-6-13(11)18-14/h1-7H,8-9H2. The average molecular weight is 259 g/mol. The first-order chi connectivity index (χ1) is 8.74. The zero-order chi connectivity index (χ0) is 12.5. The maximum atomic E-state index is 11.1. The minimum atomic E-state index is -0.345. The number of benzene rings is 2. The lowest BCUT2D eigenvalue weighted by molar-refractivity contribution is -0.111. The molecule has 0 unspecified atom stereocenters. The third-order valence-electron chi connectivity index (χ3n) is 3.12. The van der Waals surface area contributed by atoms with Crippen molar-refractivity contribution >= 4 is 16.8 Å². The van der Waals surface area contributed by atoms with Gasteiger partial charge in [0.15, 0.2) is 0 Å². The number of hydrogen-bond donors (Lipinski definition) is 0. The second-order valence-corrected chi connectivity index (χ2v) is 4.73. The van der Waals surface area contributed by atoms with Crippen molar-refractivity contribution in [1.82, 2.24) is 0 Å². The van der Waals surface area contributed by atoms with Crippen LogP contribution in [0.3, 0.4) is 0 Å². The lowest BCUT2D eigenvalue weighted by Gasteiger charge is -2.22. The van der Waals surface area contributed by atoms with E-state index in [4.69, 9.17) is 16.3 Å². The number of rotatable bonds is 2. The fourth-order valence-electron chi connectivity index (χ4n) is 2.28. The summed E-state index contributed by atoms with van der Waals surface area (Å²) in [6.45, 7) is 0. The molecule has 0 saturated heterocycles. The molecule has 2 nitrogen and oxygen atoms in total. The molecule has 0 fully saturated rings. The molecule has 0 aromatic heterocycles. The molecular weight excluding hydrogens is 248 g/mol. The van der Waals surface area contributed by atoms with Crippen LogP contribution in [0.4, 0.5) is 0 Å². The Bertz CT molecular complexity index is 620. The molecule has 90 valence electrons. The monoisotopic (exact) mass is 258 g/mol. The fraction of sp³-hybridized carbons (Fsp3) is 0.133. The van der Waals surface area contributed by atoms with Crippen LogP contribution in [0.1, 0.15) is 16.7 Å². The molecule has 0 radical (unpaired) electrons. The van der Waals surface area contributed by atoms with Gasteiger partial charge < -0.3 is 4.74 Å². The molecule has 2 aromatic rings. The Kier molecular flexibility index (Phi) is 2.80. The van der Waals surface area contributed by atoms with Crippen LogP contribution >= 0.6 is 11.6 Å². The molecule has 1 aliphatic heterocycles. The van der Waals surface area contributed by atoms with Gasteiger partial charge in [0.05, 0.1) is 0 Å². The first-order valence-electron chi connectivity index (χ1n) is 5.79. The van der Waals surface area contributed by atoms with Crippen LogP contribution < -0.4 is 4.74 Å². The van der Waals surface area contributed by atoms with E-state index in [2.05, 4.69) is 0 Å². The molecule has 1 heterocycles. The summed E-state index contributed by atoms with van der Waals surface area (Å²) in [7, 11) is 0. The van der Waals surface area contributed by atoms with E-state index in [1.807, 2.05) is 42.5 Å². The van der Waals surface area contributed by atoms with Crippen LogP contribution in [0.2, 0.25) is 0 Å². The van der Waals surface area contributed by atoms with Gasteiger partial charge in [-0.25, -0.2) is 0 Å². The van der Waals surface area contributed by atoms with Gasteiger partial charge in [0, 0.05) is 18.4 Å². The van der Waals surface area contributed by atoms with Crippen LogP contribution in [0, 0.1) is 0 Å². The van der Waals surface area contributed by atoms with Crippen molar-refractivity contribution in [2.24, 2.45) is 0 Å². The maximum absolute atomic E-state index is 11.1. The number of carbonyl (C=O) groups is 1. The van der Waals surface area contributed by atoms with E-state index in [1.54, 1.807) is 0 Å². The zero-order valence-corrected chi connectivity index (χ0v) is 10.4. The number of ether oxygens (including phenoxy) is 1. The molecule has 1 aliphatic rings. The molecule has 3 heteroatoms. The molecule has 0 amide bonds. The molecule has 3 rings (SSSR count). The summed E-state index contributed by atoms with van der Waals surface area (Å²) in [4.78, 5) is 11.1. The maximum Gasteiger partial charge on any atom is 0.226 e. The van der Waals surface area contributed by atoms with Gasteiger partial charge in [-0.15, -0.1) is 0 Å². The van der Waals surface area contributed by atoms with Crippen molar-refractivity contribution < 1.29 is 9.53 Å². The summed E-state index contributed by atoms with van der Waals surface area (Å²) < 4.78 is 5.85. The molecule has 0 atom stereocenters. The van der Waals surface area contributed by atoms with Crippen LogP contribution in [0.5, 0.6) is 11.5 Å². The first-order valence-corrected chi connectivity index (χ1v) is 6.16. The highest BCUT2D eigenvalue weighted by molar-refractivity contribution is 6.63. The third kappa shape index (κ3) is 2.00. The summed E-state index contributed by atoms with van der Waals surface area (Å²) in [5, 5.41) is -0.345. The topological polar surface area (TPSA) is 26.3 Å². The van der Waals surface area contributed by atoms with Gasteiger partial charge in [-0.2, -0.15) is 0 Å². The van der Waals surface area contributed by atoms with Gasteiger partial charge in [0.25, 0.3) is 0 Å². The van der Waals surface area contributed by atoms with Gasteiger partial charge in [-0.3, -0.25) is 4.79 Å². The Morgan fingerprint density at radius 3 is 2.72 bits per heavy atom. The summed E-state index contributed by atoms with van der Waals surface area (Å²) in [5.74, 6) is 1.71. The predicted molar refractivity (Wildman–Crippen MR) is 70.3 cm³/mol. The van der Waals surface area contributed by atoms with Crippen molar-refractivity contribution in [3.63, 3.8) is 0 Å². The number of hydrogen-bond acceptors (Lipinski definition) is 2. The predicted octanol–water partition coefficient (Wildman–Crippen LogP) is 3.69. The molecule has 2 aromatic carbocycles. The molecule has 0 aliphatic carbocycles. The van der Waals surface area contributed by atoms with Gasteiger partial charge in [0.1, 0.15) is 11.5 Å². The average Bonchev–Trinajstić information content (AvgIpc) is 2.36. The third-order valence-corrected chi connectivity index (χ3v) is 3.25. The Morgan fingerprint density at radius 2 is 1.89 bits per heavy atom. The minimum absolute atomic E-state index is 0.246. The Morgan fingerprint density at radius 1 is 1.11 bits per heavy atom. The van der Waals surface area contributed by atoms with Gasteiger partial charge in [-0.05, 0) is 34.9 Å². The van der Waals surface area contributed by atoms with Crippen molar-refractivity contribution in [2.45, 2.75) is 12.8 Å². The van der Waals surface area contributed by atoms with E-state index >= 15 is 0 Å². The normalized spacial score (nSPS) is 12.3. The van der Waals surface area contributed by atoms with Crippen LogP contribution in [-0.4, -0.2) is 5.24 Å². The van der Waals surface area contributed by atoms with E-state index in [0.717, 1.165) is 34.6 Å². The second kappa shape index (κ2) is 4.46. The van der Waals surface area contributed by atoms with Crippen molar-refractivity contribution in [3.05, 3.63) is 59.2 Å². The number of carbonyl (C=O) groups excluding carboxylic acids is 1. The summed E-state index contributed by atoms with van der Waals surface area (Å²) >= 11 is 5.48. The lowest BCUT2D eigenvalue weighted by Crippen LogP contribution is -2.07. The highest BCUT2D eigenvalue weighted by Crippen LogP contribution is 2.37. The molecule has 0 bridgehead atoms. The van der Waals surface area contributed by atoms with E-state index in [-0.39, 0.29) is 11.7 Å². The summed E-state index contributed by atoms with van der Waals surface area (Å²) in [5.41, 5.74) is 3.15. The number of halogens is 1. The number of fused-ring (bicyclic) bond motifs is 2. The molecule has 0 spiro atoms. The minimum Gasteiger partial charge on any atom is -0.457 e. The quantitative estimate of drug-likeness (QED) is 0.656. The largest absolute Gasteiger partial charge is 0.457 e. The van der Waals surface area contributed by atoms with E-state index in [1.165, 1.54) is 0 Å². The van der Waals surface area contributed by atoms with Crippen molar-refractivity contribution in [3.8, 4) is 11.5 Å².